The summed E-state index contributed by atoms with van der Waals surface area (Å²) < 4.78 is 5.41. The zero-order chi connectivity index (χ0) is 26.5. The summed E-state index contributed by atoms with van der Waals surface area (Å²) in [7, 11) is 1.68. The van der Waals surface area contributed by atoms with Crippen LogP contribution in [0.4, 0.5) is 11.4 Å². The standard InChI is InChI=1S/C31H29N3O2S2/c1-4-33-26-21-25(36-3)17-18-27(26)37-29(33)20-19-28-30(35)34(5-2)31(38-28)32-24-15-13-23(14-16-24)12-11-22-9-7-6-8-10-22/h6-21H,4-5H2,1-3H3. The molecule has 7 heteroatoms. The number of ether oxygens (including phenoxy) is 1. The molecule has 0 radical (unpaired) electrons. The molecule has 2 aliphatic rings. The molecule has 0 bridgehead atoms. The summed E-state index contributed by atoms with van der Waals surface area (Å²) in [6.45, 7) is 5.49. The van der Waals surface area contributed by atoms with Crippen LogP contribution in [-0.4, -0.2) is 36.2 Å². The van der Waals surface area contributed by atoms with Crippen molar-refractivity contribution in [2.24, 2.45) is 4.99 Å². The second-order valence-corrected chi connectivity index (χ2v) is 10.7. The number of rotatable bonds is 7. The maximum Gasteiger partial charge on any atom is 0.266 e. The molecule has 5 nitrogen and oxygen atoms in total. The van der Waals surface area contributed by atoms with Crippen LogP contribution in [0.1, 0.15) is 25.0 Å². The molecule has 1 amide bonds. The Bertz CT molecular complexity index is 1440. The van der Waals surface area contributed by atoms with E-state index >= 15 is 0 Å². The summed E-state index contributed by atoms with van der Waals surface area (Å²) in [6.07, 6.45) is 8.13. The maximum atomic E-state index is 13.1. The van der Waals surface area contributed by atoms with Crippen molar-refractivity contribution in [2.45, 2.75) is 18.7 Å². The lowest BCUT2D eigenvalue weighted by Gasteiger charge is -2.18. The Morgan fingerprint density at radius 3 is 2.24 bits per heavy atom. The molecule has 0 aromatic heterocycles. The summed E-state index contributed by atoms with van der Waals surface area (Å²) in [5.74, 6) is 0.823. The molecule has 0 saturated carbocycles. The smallest absolute Gasteiger partial charge is 0.266 e. The normalized spacial score (nSPS) is 18.4. The Labute approximate surface area is 232 Å². The number of allylic oxidation sites excluding steroid dienone is 2. The number of aliphatic imine (C=N–C) groups is 1. The molecule has 0 atom stereocenters. The summed E-state index contributed by atoms with van der Waals surface area (Å²) in [5.41, 5.74) is 4.21. The number of benzene rings is 3. The number of carbonyl (C=O) groups excluding carboxylic acids is 1. The molecule has 3 aromatic rings. The number of likely N-dealkylation sites (N-methyl/N-ethyl adjacent to an activating group) is 1. The number of methoxy groups -OCH3 is 1. The van der Waals surface area contributed by atoms with E-state index in [-0.39, 0.29) is 5.91 Å². The molecular formula is C31H29N3O2S2. The molecule has 5 rings (SSSR count). The van der Waals surface area contributed by atoms with Crippen LogP contribution in [0.2, 0.25) is 0 Å². The Kier molecular flexibility index (Phi) is 8.05. The average molecular weight is 540 g/mol. The van der Waals surface area contributed by atoms with E-state index in [4.69, 9.17) is 9.73 Å². The van der Waals surface area contributed by atoms with Crippen molar-refractivity contribution >= 4 is 58.1 Å². The summed E-state index contributed by atoms with van der Waals surface area (Å²) in [4.78, 5) is 23.8. The number of fused-ring (bicyclic) bond motifs is 1. The van der Waals surface area contributed by atoms with Crippen LogP contribution in [0, 0.1) is 0 Å². The summed E-state index contributed by atoms with van der Waals surface area (Å²) in [5, 5.41) is 1.79. The van der Waals surface area contributed by atoms with E-state index < -0.39 is 0 Å². The third-order valence-electron chi connectivity index (χ3n) is 6.22. The van der Waals surface area contributed by atoms with Gasteiger partial charge in [0.1, 0.15) is 5.75 Å². The van der Waals surface area contributed by atoms with Gasteiger partial charge in [-0.15, -0.1) is 0 Å². The fourth-order valence-electron chi connectivity index (χ4n) is 4.22. The molecular weight excluding hydrogens is 510 g/mol. The van der Waals surface area contributed by atoms with Crippen LogP contribution >= 0.6 is 23.5 Å². The van der Waals surface area contributed by atoms with Crippen molar-refractivity contribution in [3.05, 3.63) is 106 Å². The van der Waals surface area contributed by atoms with Crippen molar-refractivity contribution in [2.75, 3.05) is 25.1 Å². The fraction of sp³-hybridized carbons (Fsp3) is 0.161. The Hall–Kier alpha value is -3.68. The van der Waals surface area contributed by atoms with Gasteiger partial charge in [0.15, 0.2) is 5.17 Å². The third kappa shape index (κ3) is 5.59. The molecule has 0 unspecified atom stereocenters. The minimum absolute atomic E-state index is 0.0132. The largest absolute Gasteiger partial charge is 0.497 e. The second-order valence-electron chi connectivity index (χ2n) is 8.60. The van der Waals surface area contributed by atoms with E-state index in [2.05, 4.69) is 48.2 Å². The lowest BCUT2D eigenvalue weighted by Crippen LogP contribution is -2.28. The van der Waals surface area contributed by atoms with Gasteiger partial charge in [0.05, 0.1) is 28.4 Å². The maximum absolute atomic E-state index is 13.1. The van der Waals surface area contributed by atoms with Crippen molar-refractivity contribution in [3.8, 4) is 5.75 Å². The zero-order valence-electron chi connectivity index (χ0n) is 21.6. The van der Waals surface area contributed by atoms with Gasteiger partial charge in [-0.3, -0.25) is 9.69 Å². The van der Waals surface area contributed by atoms with Gasteiger partial charge in [-0.2, -0.15) is 0 Å². The number of hydrogen-bond donors (Lipinski definition) is 0. The minimum atomic E-state index is -0.0132. The van der Waals surface area contributed by atoms with Crippen LogP contribution in [0.3, 0.4) is 0 Å². The Balaban J connectivity index is 1.33. The predicted molar refractivity (Wildman–Crippen MR) is 162 cm³/mol. The number of amides is 1. The molecule has 2 aliphatic heterocycles. The van der Waals surface area contributed by atoms with Crippen LogP contribution < -0.4 is 9.64 Å². The van der Waals surface area contributed by atoms with Gasteiger partial charge >= 0.3 is 0 Å². The molecule has 3 aromatic carbocycles. The first-order valence-electron chi connectivity index (χ1n) is 12.6. The number of thioether (sulfide) groups is 2. The van der Waals surface area contributed by atoms with E-state index in [1.807, 2.05) is 67.6 Å². The van der Waals surface area contributed by atoms with E-state index in [1.54, 1.807) is 23.8 Å². The Morgan fingerprint density at radius 1 is 0.842 bits per heavy atom. The van der Waals surface area contributed by atoms with E-state index in [9.17, 15) is 4.79 Å². The van der Waals surface area contributed by atoms with E-state index in [0.29, 0.717) is 16.6 Å². The van der Waals surface area contributed by atoms with Gasteiger partial charge in [0.2, 0.25) is 0 Å². The molecule has 0 N–H and O–H groups in total. The highest BCUT2D eigenvalue weighted by Crippen LogP contribution is 2.47. The number of amidine groups is 1. The van der Waals surface area contributed by atoms with Gasteiger partial charge in [0.25, 0.3) is 5.91 Å². The van der Waals surface area contributed by atoms with Crippen molar-refractivity contribution in [3.63, 3.8) is 0 Å². The summed E-state index contributed by atoms with van der Waals surface area (Å²) in [6, 6.07) is 24.4. The average Bonchev–Trinajstić information content (AvgIpc) is 3.46. The third-order valence-corrected chi connectivity index (χ3v) is 8.38. The highest BCUT2D eigenvalue weighted by atomic mass is 32.2. The summed E-state index contributed by atoms with van der Waals surface area (Å²) >= 11 is 3.12. The topological polar surface area (TPSA) is 45.1 Å². The first kappa shape index (κ1) is 25.9. The number of nitrogens with zero attached hydrogens (tertiary/aromatic N) is 3. The van der Waals surface area contributed by atoms with E-state index in [1.165, 1.54) is 16.7 Å². The lowest BCUT2D eigenvalue weighted by atomic mass is 10.1. The molecule has 0 spiro atoms. The first-order chi connectivity index (χ1) is 18.6. The minimum Gasteiger partial charge on any atom is -0.497 e. The molecule has 1 fully saturated rings. The number of anilines is 1. The quantitative estimate of drug-likeness (QED) is 0.226. The highest BCUT2D eigenvalue weighted by Gasteiger charge is 2.32. The van der Waals surface area contributed by atoms with Crippen LogP contribution in [0.5, 0.6) is 5.75 Å². The molecule has 38 heavy (non-hydrogen) atoms. The van der Waals surface area contributed by atoms with Crippen LogP contribution in [-0.2, 0) is 4.79 Å². The molecule has 2 heterocycles. The highest BCUT2D eigenvalue weighted by molar-refractivity contribution is 8.18. The molecule has 192 valence electrons. The van der Waals surface area contributed by atoms with Gasteiger partial charge in [-0.05, 0) is 73.2 Å². The zero-order valence-corrected chi connectivity index (χ0v) is 23.3. The van der Waals surface area contributed by atoms with Crippen molar-refractivity contribution in [1.29, 1.82) is 0 Å². The van der Waals surface area contributed by atoms with Gasteiger partial charge < -0.3 is 9.64 Å². The van der Waals surface area contributed by atoms with Crippen LogP contribution in [0.25, 0.3) is 12.2 Å². The van der Waals surface area contributed by atoms with Gasteiger partial charge in [-0.25, -0.2) is 4.99 Å². The van der Waals surface area contributed by atoms with Gasteiger partial charge in [0, 0.05) is 24.1 Å². The number of hydrogen-bond acceptors (Lipinski definition) is 6. The van der Waals surface area contributed by atoms with E-state index in [0.717, 1.165) is 39.8 Å². The lowest BCUT2D eigenvalue weighted by molar-refractivity contribution is -0.122. The second kappa shape index (κ2) is 11.8. The first-order valence-corrected chi connectivity index (χ1v) is 14.2. The number of carbonyl (C=O) groups is 1. The van der Waals surface area contributed by atoms with Crippen molar-refractivity contribution < 1.29 is 9.53 Å². The fourth-order valence-corrected chi connectivity index (χ4v) is 6.33. The van der Waals surface area contributed by atoms with Gasteiger partial charge in [-0.1, -0.05) is 66.4 Å². The molecule has 1 saturated heterocycles. The monoisotopic (exact) mass is 539 g/mol. The van der Waals surface area contributed by atoms with Crippen LogP contribution in [0.15, 0.2) is 105 Å². The molecule has 0 aliphatic carbocycles. The Morgan fingerprint density at radius 2 is 1.55 bits per heavy atom. The SMILES string of the molecule is CCN1C(=O)C(=CC=C2Sc3ccc(OC)cc3N2CC)SC1=Nc1ccc(C=Cc2ccccc2)cc1. The van der Waals surface area contributed by atoms with Crippen molar-refractivity contribution in [1.82, 2.24) is 4.90 Å². The predicted octanol–water partition coefficient (Wildman–Crippen LogP) is 7.81.